The van der Waals surface area contributed by atoms with Crippen molar-refractivity contribution in [3.8, 4) is 11.1 Å². The molecule has 2 aromatic carbocycles. The van der Waals surface area contributed by atoms with E-state index < -0.39 is 0 Å². The normalized spacial score (nSPS) is 13.9. The van der Waals surface area contributed by atoms with Gasteiger partial charge in [-0.25, -0.2) is 4.99 Å². The standard InChI is InChI=1S/C21H26N4O/c1-14-4-6-15(7-5-14)16-8-9-17-12-20(25-19(17)11-16)21(26)24-13-18(23)3-2-10-22/h4-9,11,18H,2-3,10,12-13,22-23H2,1H3,(H,24,26)/t18-/m0/s1. The highest BCUT2D eigenvalue weighted by Gasteiger charge is 2.21. The summed E-state index contributed by atoms with van der Waals surface area (Å²) < 4.78 is 0. The first-order valence-corrected chi connectivity index (χ1v) is 9.08. The molecule has 0 fully saturated rings. The monoisotopic (exact) mass is 350 g/mol. The molecule has 1 aliphatic rings. The lowest BCUT2D eigenvalue weighted by Crippen LogP contribution is -2.40. The number of fused-ring (bicyclic) bond motifs is 1. The van der Waals surface area contributed by atoms with Crippen LogP contribution in [0.15, 0.2) is 47.5 Å². The van der Waals surface area contributed by atoms with Crippen LogP contribution in [0.4, 0.5) is 5.69 Å². The van der Waals surface area contributed by atoms with Crippen LogP contribution in [-0.4, -0.2) is 30.8 Å². The van der Waals surface area contributed by atoms with Gasteiger partial charge in [0, 0.05) is 19.0 Å². The molecule has 0 saturated carbocycles. The molecule has 5 heteroatoms. The number of benzene rings is 2. The van der Waals surface area contributed by atoms with E-state index in [1.54, 1.807) is 0 Å². The Bertz CT molecular complexity index is 811. The van der Waals surface area contributed by atoms with Crippen LogP contribution in [0.5, 0.6) is 0 Å². The molecule has 5 nitrogen and oxygen atoms in total. The van der Waals surface area contributed by atoms with Crippen molar-refractivity contribution in [1.29, 1.82) is 0 Å². The number of hydrogen-bond acceptors (Lipinski definition) is 4. The summed E-state index contributed by atoms with van der Waals surface area (Å²) in [6, 6.07) is 14.5. The molecule has 0 saturated heterocycles. The molecule has 136 valence electrons. The molecule has 0 unspecified atom stereocenters. The van der Waals surface area contributed by atoms with Crippen molar-refractivity contribution in [2.75, 3.05) is 13.1 Å². The fourth-order valence-electron chi connectivity index (χ4n) is 3.05. The second kappa shape index (κ2) is 8.25. The van der Waals surface area contributed by atoms with E-state index in [-0.39, 0.29) is 11.9 Å². The summed E-state index contributed by atoms with van der Waals surface area (Å²) in [6.45, 7) is 3.14. The lowest BCUT2D eigenvalue weighted by atomic mass is 10.0. The highest BCUT2D eigenvalue weighted by atomic mass is 16.1. The van der Waals surface area contributed by atoms with Gasteiger partial charge in [-0.1, -0.05) is 42.0 Å². The minimum absolute atomic E-state index is 0.0694. The summed E-state index contributed by atoms with van der Waals surface area (Å²) in [7, 11) is 0. The van der Waals surface area contributed by atoms with E-state index in [2.05, 4.69) is 53.6 Å². The highest BCUT2D eigenvalue weighted by Crippen LogP contribution is 2.32. The summed E-state index contributed by atoms with van der Waals surface area (Å²) >= 11 is 0. The molecule has 1 heterocycles. The molecule has 2 aromatic rings. The van der Waals surface area contributed by atoms with Crippen molar-refractivity contribution in [1.82, 2.24) is 5.32 Å². The number of nitrogens with one attached hydrogen (secondary N) is 1. The van der Waals surface area contributed by atoms with E-state index in [1.807, 2.05) is 6.07 Å². The van der Waals surface area contributed by atoms with Gasteiger partial charge in [0.1, 0.15) is 5.71 Å². The van der Waals surface area contributed by atoms with Gasteiger partial charge in [-0.2, -0.15) is 0 Å². The van der Waals surface area contributed by atoms with Crippen molar-refractivity contribution in [2.24, 2.45) is 16.5 Å². The Morgan fingerprint density at radius 3 is 2.65 bits per heavy atom. The first-order valence-electron chi connectivity index (χ1n) is 9.08. The van der Waals surface area contributed by atoms with Crippen LogP contribution >= 0.6 is 0 Å². The fourth-order valence-corrected chi connectivity index (χ4v) is 3.05. The Hall–Kier alpha value is -2.50. The Kier molecular flexibility index (Phi) is 5.81. The molecule has 0 spiro atoms. The number of aliphatic imine (C=N–C) groups is 1. The Balaban J connectivity index is 1.66. The van der Waals surface area contributed by atoms with Crippen molar-refractivity contribution in [3.63, 3.8) is 0 Å². The van der Waals surface area contributed by atoms with Crippen molar-refractivity contribution >= 4 is 17.3 Å². The summed E-state index contributed by atoms with van der Waals surface area (Å²) in [6.07, 6.45) is 2.24. The molecule has 0 radical (unpaired) electrons. The number of nitrogens with two attached hydrogens (primary N) is 2. The molecule has 0 aromatic heterocycles. The van der Waals surface area contributed by atoms with E-state index in [1.165, 1.54) is 5.56 Å². The second-order valence-electron chi connectivity index (χ2n) is 6.85. The molecule has 0 aliphatic carbocycles. The smallest absolute Gasteiger partial charge is 0.266 e. The fraction of sp³-hybridized carbons (Fsp3) is 0.333. The van der Waals surface area contributed by atoms with Gasteiger partial charge in [-0.05, 0) is 49.1 Å². The van der Waals surface area contributed by atoms with E-state index in [0.29, 0.717) is 25.2 Å². The molecule has 3 rings (SSSR count). The Morgan fingerprint density at radius 2 is 1.92 bits per heavy atom. The number of amides is 1. The van der Waals surface area contributed by atoms with Gasteiger partial charge in [0.05, 0.1) is 5.69 Å². The molecule has 26 heavy (non-hydrogen) atoms. The number of carbonyl (C=O) groups is 1. The number of carbonyl (C=O) groups excluding carboxylic acids is 1. The number of hydrogen-bond donors (Lipinski definition) is 3. The van der Waals surface area contributed by atoms with Crippen LogP contribution in [0.25, 0.3) is 11.1 Å². The third-order valence-corrected chi connectivity index (χ3v) is 4.65. The van der Waals surface area contributed by atoms with Crippen LogP contribution in [-0.2, 0) is 11.2 Å². The SMILES string of the molecule is Cc1ccc(-c2ccc3c(c2)N=C(C(=O)NC[C@@H](N)CCCN)C3)cc1. The van der Waals surface area contributed by atoms with Gasteiger partial charge in [-0.15, -0.1) is 0 Å². The van der Waals surface area contributed by atoms with Crippen LogP contribution in [0.3, 0.4) is 0 Å². The van der Waals surface area contributed by atoms with Gasteiger partial charge in [0.15, 0.2) is 0 Å². The van der Waals surface area contributed by atoms with Gasteiger partial charge >= 0.3 is 0 Å². The number of aryl methyl sites for hydroxylation is 1. The minimum atomic E-state index is -0.138. The van der Waals surface area contributed by atoms with Crippen LogP contribution in [0, 0.1) is 6.92 Å². The Labute approximate surface area is 154 Å². The first kappa shape index (κ1) is 18.3. The molecule has 1 aliphatic heterocycles. The lowest BCUT2D eigenvalue weighted by molar-refractivity contribution is -0.114. The lowest BCUT2D eigenvalue weighted by Gasteiger charge is -2.11. The van der Waals surface area contributed by atoms with Crippen LogP contribution < -0.4 is 16.8 Å². The summed E-state index contributed by atoms with van der Waals surface area (Å²) in [5.74, 6) is -0.138. The van der Waals surface area contributed by atoms with Gasteiger partial charge in [-0.3, -0.25) is 4.79 Å². The van der Waals surface area contributed by atoms with Crippen molar-refractivity contribution < 1.29 is 4.79 Å². The predicted molar refractivity (Wildman–Crippen MR) is 107 cm³/mol. The maximum absolute atomic E-state index is 12.4. The predicted octanol–water partition coefficient (Wildman–Crippen LogP) is 2.47. The summed E-state index contributed by atoms with van der Waals surface area (Å²) in [5, 5.41) is 2.89. The zero-order chi connectivity index (χ0) is 18.5. The molecule has 1 amide bonds. The average molecular weight is 350 g/mol. The maximum Gasteiger partial charge on any atom is 0.266 e. The molecular weight excluding hydrogens is 324 g/mol. The highest BCUT2D eigenvalue weighted by molar-refractivity contribution is 6.40. The largest absolute Gasteiger partial charge is 0.349 e. The third kappa shape index (κ3) is 4.36. The van der Waals surface area contributed by atoms with E-state index in [9.17, 15) is 4.79 Å². The molecule has 1 atom stereocenters. The van der Waals surface area contributed by atoms with Crippen LogP contribution in [0.2, 0.25) is 0 Å². The van der Waals surface area contributed by atoms with Gasteiger partial charge in [0.25, 0.3) is 5.91 Å². The van der Waals surface area contributed by atoms with E-state index in [0.717, 1.165) is 35.2 Å². The summed E-state index contributed by atoms with van der Waals surface area (Å²) in [5.41, 5.74) is 17.5. The van der Waals surface area contributed by atoms with E-state index in [4.69, 9.17) is 11.5 Å². The number of rotatable bonds is 7. The van der Waals surface area contributed by atoms with E-state index >= 15 is 0 Å². The second-order valence-corrected chi connectivity index (χ2v) is 6.85. The molecule has 5 N–H and O–H groups in total. The topological polar surface area (TPSA) is 93.5 Å². The number of nitrogens with zero attached hydrogens (tertiary/aromatic N) is 1. The molecule has 0 bridgehead atoms. The van der Waals surface area contributed by atoms with Crippen molar-refractivity contribution in [3.05, 3.63) is 53.6 Å². The molecular formula is C21H26N4O. The third-order valence-electron chi connectivity index (χ3n) is 4.65. The first-order chi connectivity index (χ1) is 12.6. The zero-order valence-electron chi connectivity index (χ0n) is 15.2. The summed E-state index contributed by atoms with van der Waals surface area (Å²) in [4.78, 5) is 16.9. The van der Waals surface area contributed by atoms with Crippen LogP contribution in [0.1, 0.15) is 24.0 Å². The minimum Gasteiger partial charge on any atom is -0.349 e. The van der Waals surface area contributed by atoms with Gasteiger partial charge < -0.3 is 16.8 Å². The quantitative estimate of drug-likeness (QED) is 0.716. The average Bonchev–Trinajstić information content (AvgIpc) is 3.08. The van der Waals surface area contributed by atoms with Crippen molar-refractivity contribution in [2.45, 2.75) is 32.2 Å². The zero-order valence-corrected chi connectivity index (χ0v) is 15.2. The van der Waals surface area contributed by atoms with Gasteiger partial charge in [0.2, 0.25) is 0 Å². The maximum atomic E-state index is 12.4. The Morgan fingerprint density at radius 1 is 1.19 bits per heavy atom.